The van der Waals surface area contributed by atoms with Crippen LogP contribution in [0, 0.1) is 0 Å². The Balaban J connectivity index is 1.94. The topological polar surface area (TPSA) is 78.8 Å². The molecule has 2 unspecified atom stereocenters. The number of carboxylic acids is 1. The lowest BCUT2D eigenvalue weighted by atomic mass is 9.94. The van der Waals surface area contributed by atoms with Gasteiger partial charge in [0.15, 0.2) is 0 Å². The van der Waals surface area contributed by atoms with Crippen LogP contribution in [0.4, 0.5) is 0 Å². The molecule has 1 aliphatic carbocycles. The Morgan fingerprint density at radius 3 is 2.52 bits per heavy atom. The van der Waals surface area contributed by atoms with Crippen LogP contribution in [0.2, 0.25) is 0 Å². The molecule has 5 heteroatoms. The Hall–Kier alpha value is -1.59. The first-order valence-corrected chi connectivity index (χ1v) is 7.30. The summed E-state index contributed by atoms with van der Waals surface area (Å²) in [7, 11) is 0. The maximum atomic E-state index is 11.5. The fraction of sp³-hybridized carbons (Fsp3) is 0.562. The molecule has 21 heavy (non-hydrogen) atoms. The third-order valence-electron chi connectivity index (χ3n) is 3.71. The molecule has 0 bridgehead atoms. The van der Waals surface area contributed by atoms with Gasteiger partial charge < -0.3 is 14.9 Å². The average molecular weight is 293 g/mol. The smallest absolute Gasteiger partial charge is 0.323 e. The Kier molecular flexibility index (Phi) is 4.85. The van der Waals surface area contributed by atoms with Gasteiger partial charge in [-0.15, -0.1) is 0 Å². The number of hydrogen-bond acceptors (Lipinski definition) is 4. The van der Waals surface area contributed by atoms with Crippen LogP contribution in [0.5, 0.6) is 5.75 Å². The van der Waals surface area contributed by atoms with Crippen LogP contribution in [0.3, 0.4) is 0 Å². The zero-order valence-corrected chi connectivity index (χ0v) is 12.5. The lowest BCUT2D eigenvalue weighted by molar-refractivity contribution is -0.145. The first kappa shape index (κ1) is 15.8. The van der Waals surface area contributed by atoms with E-state index in [1.54, 1.807) is 31.2 Å². The molecule has 2 rings (SSSR count). The predicted molar refractivity (Wildman–Crippen MR) is 79.3 cm³/mol. The minimum absolute atomic E-state index is 0.00176. The van der Waals surface area contributed by atoms with Crippen molar-refractivity contribution in [1.29, 1.82) is 0 Å². The van der Waals surface area contributed by atoms with Crippen LogP contribution in [0.25, 0.3) is 0 Å². The summed E-state index contributed by atoms with van der Waals surface area (Å²) < 4.78 is 5.78. The van der Waals surface area contributed by atoms with Crippen molar-refractivity contribution >= 4 is 5.97 Å². The molecule has 0 radical (unpaired) electrons. The van der Waals surface area contributed by atoms with Gasteiger partial charge in [-0.05, 0) is 44.4 Å². The second-order valence-corrected chi connectivity index (χ2v) is 5.99. The van der Waals surface area contributed by atoms with Crippen molar-refractivity contribution < 1.29 is 19.7 Å². The molecular formula is C16H23NO4. The van der Waals surface area contributed by atoms with Crippen LogP contribution >= 0.6 is 0 Å². The third kappa shape index (κ3) is 4.44. The third-order valence-corrected chi connectivity index (χ3v) is 3.71. The molecule has 1 fully saturated rings. The number of aliphatic hydroxyl groups is 1. The van der Waals surface area contributed by atoms with E-state index in [0.29, 0.717) is 18.2 Å². The van der Waals surface area contributed by atoms with Crippen molar-refractivity contribution in [3.8, 4) is 5.75 Å². The van der Waals surface area contributed by atoms with E-state index in [4.69, 9.17) is 9.84 Å². The fourth-order valence-electron chi connectivity index (χ4n) is 2.41. The first-order valence-electron chi connectivity index (χ1n) is 7.30. The maximum Gasteiger partial charge on any atom is 0.323 e. The number of aliphatic carboxylic acids is 1. The summed E-state index contributed by atoms with van der Waals surface area (Å²) in [6.07, 6.45) is 2.25. The quantitative estimate of drug-likeness (QED) is 0.682. The standard InChI is InChI=1S/C16H23NO4/c1-11(21-14-7-3-12(10-18)4-8-14)9-16(2,15(19)20)17-13-5-6-13/h3-4,7-8,11,13,17-18H,5-6,9-10H2,1-2H3,(H,19,20). The first-order chi connectivity index (χ1) is 9.93. The SMILES string of the molecule is CC(CC(C)(NC1CC1)C(=O)O)Oc1ccc(CO)cc1. The number of hydrogen-bond donors (Lipinski definition) is 3. The minimum Gasteiger partial charge on any atom is -0.491 e. The number of aliphatic hydroxyl groups excluding tert-OH is 1. The van der Waals surface area contributed by atoms with Gasteiger partial charge in [-0.2, -0.15) is 0 Å². The summed E-state index contributed by atoms with van der Waals surface area (Å²) in [4.78, 5) is 11.5. The number of rotatable bonds is 8. The molecule has 0 saturated heterocycles. The monoisotopic (exact) mass is 293 g/mol. The Morgan fingerprint density at radius 2 is 2.05 bits per heavy atom. The molecule has 0 spiro atoms. The van der Waals surface area contributed by atoms with Gasteiger partial charge in [-0.3, -0.25) is 10.1 Å². The zero-order valence-electron chi connectivity index (χ0n) is 12.5. The number of nitrogens with one attached hydrogen (secondary N) is 1. The highest BCUT2D eigenvalue weighted by Gasteiger charge is 2.39. The summed E-state index contributed by atoms with van der Waals surface area (Å²) in [5.74, 6) is -0.167. The zero-order chi connectivity index (χ0) is 15.5. The van der Waals surface area contributed by atoms with E-state index >= 15 is 0 Å². The van der Waals surface area contributed by atoms with Crippen LogP contribution in [-0.2, 0) is 11.4 Å². The molecule has 0 aliphatic heterocycles. The van der Waals surface area contributed by atoms with E-state index in [9.17, 15) is 9.90 Å². The molecule has 1 aromatic carbocycles. The van der Waals surface area contributed by atoms with E-state index < -0.39 is 11.5 Å². The highest BCUT2D eigenvalue weighted by molar-refractivity contribution is 5.78. The molecule has 5 nitrogen and oxygen atoms in total. The number of carbonyl (C=O) groups is 1. The van der Waals surface area contributed by atoms with Crippen molar-refractivity contribution in [2.75, 3.05) is 0 Å². The van der Waals surface area contributed by atoms with Gasteiger partial charge in [0, 0.05) is 12.5 Å². The maximum absolute atomic E-state index is 11.5. The number of benzene rings is 1. The molecular weight excluding hydrogens is 270 g/mol. The summed E-state index contributed by atoms with van der Waals surface area (Å²) in [5.41, 5.74) is -0.146. The van der Waals surface area contributed by atoms with Gasteiger partial charge in [-0.1, -0.05) is 12.1 Å². The largest absolute Gasteiger partial charge is 0.491 e. The Morgan fingerprint density at radius 1 is 1.43 bits per heavy atom. The molecule has 1 aliphatic rings. The summed E-state index contributed by atoms with van der Waals surface area (Å²) in [6.45, 7) is 3.58. The number of carboxylic acid groups (broad SMARTS) is 1. The van der Waals surface area contributed by atoms with Gasteiger partial charge in [-0.25, -0.2) is 0 Å². The van der Waals surface area contributed by atoms with E-state index in [0.717, 1.165) is 18.4 Å². The number of ether oxygens (including phenoxy) is 1. The highest BCUT2D eigenvalue weighted by Crippen LogP contribution is 2.26. The molecule has 3 N–H and O–H groups in total. The van der Waals surface area contributed by atoms with Gasteiger partial charge in [0.05, 0.1) is 12.7 Å². The van der Waals surface area contributed by atoms with Crippen LogP contribution in [-0.4, -0.2) is 33.9 Å². The molecule has 1 aromatic rings. The minimum atomic E-state index is -0.967. The second-order valence-electron chi connectivity index (χ2n) is 5.99. The predicted octanol–water partition coefficient (Wildman–Crippen LogP) is 1.93. The normalized spacial score (nSPS) is 18.8. The van der Waals surface area contributed by atoms with E-state index in [1.165, 1.54) is 0 Å². The summed E-state index contributed by atoms with van der Waals surface area (Å²) >= 11 is 0. The van der Waals surface area contributed by atoms with Crippen LogP contribution in [0.1, 0.15) is 38.7 Å². The van der Waals surface area contributed by atoms with Gasteiger partial charge in [0.25, 0.3) is 0 Å². The van der Waals surface area contributed by atoms with Gasteiger partial charge >= 0.3 is 5.97 Å². The van der Waals surface area contributed by atoms with Gasteiger partial charge in [0.1, 0.15) is 11.3 Å². The molecule has 2 atom stereocenters. The highest BCUT2D eigenvalue weighted by atomic mass is 16.5. The average Bonchev–Trinajstić information content (AvgIpc) is 3.22. The molecule has 0 amide bonds. The van der Waals surface area contributed by atoms with Crippen molar-refractivity contribution in [3.63, 3.8) is 0 Å². The van der Waals surface area contributed by atoms with E-state index in [-0.39, 0.29) is 12.7 Å². The van der Waals surface area contributed by atoms with E-state index in [1.807, 2.05) is 6.92 Å². The molecule has 0 aromatic heterocycles. The van der Waals surface area contributed by atoms with Crippen LogP contribution in [0.15, 0.2) is 24.3 Å². The second kappa shape index (κ2) is 6.45. The van der Waals surface area contributed by atoms with Gasteiger partial charge in [0.2, 0.25) is 0 Å². The van der Waals surface area contributed by atoms with Crippen LogP contribution < -0.4 is 10.1 Å². The van der Waals surface area contributed by atoms with Crippen molar-refractivity contribution in [2.45, 2.75) is 57.4 Å². The molecule has 1 saturated carbocycles. The summed E-state index contributed by atoms with van der Waals surface area (Å²) in [6, 6.07) is 7.48. The van der Waals surface area contributed by atoms with E-state index in [2.05, 4.69) is 5.32 Å². The molecule has 0 heterocycles. The van der Waals surface area contributed by atoms with Crippen molar-refractivity contribution in [1.82, 2.24) is 5.32 Å². The van der Waals surface area contributed by atoms with Crippen molar-refractivity contribution in [2.24, 2.45) is 0 Å². The van der Waals surface area contributed by atoms with Crippen molar-refractivity contribution in [3.05, 3.63) is 29.8 Å². The lowest BCUT2D eigenvalue weighted by Gasteiger charge is -2.29. The summed E-state index contributed by atoms with van der Waals surface area (Å²) in [5, 5.41) is 21.6. The Bertz CT molecular complexity index is 484. The molecule has 116 valence electrons. The lowest BCUT2D eigenvalue weighted by Crippen LogP contribution is -2.52. The fourth-order valence-corrected chi connectivity index (χ4v) is 2.41. The Labute approximate surface area is 124 Å².